The van der Waals surface area contributed by atoms with E-state index in [1.54, 1.807) is 24.3 Å². The number of alkyl halides is 3. The van der Waals surface area contributed by atoms with E-state index in [1.807, 2.05) is 0 Å². The van der Waals surface area contributed by atoms with E-state index >= 15 is 0 Å². The maximum Gasteiger partial charge on any atom is 0.417 e. The molecule has 1 N–H and O–H groups in total. The van der Waals surface area contributed by atoms with Gasteiger partial charge in [-0.15, -0.1) is 0 Å². The van der Waals surface area contributed by atoms with Crippen LogP contribution >= 0.6 is 0 Å². The van der Waals surface area contributed by atoms with Gasteiger partial charge in [0.2, 0.25) is 0 Å². The summed E-state index contributed by atoms with van der Waals surface area (Å²) >= 11 is 0. The minimum atomic E-state index is -4.39. The van der Waals surface area contributed by atoms with Gasteiger partial charge in [0.05, 0.1) is 5.56 Å². The van der Waals surface area contributed by atoms with Gasteiger partial charge in [-0.05, 0) is 43.9 Å². The molecule has 1 aromatic carbocycles. The van der Waals surface area contributed by atoms with Crippen LogP contribution in [0.5, 0.6) is 0 Å². The predicted molar refractivity (Wildman–Crippen MR) is 77.8 cm³/mol. The largest absolute Gasteiger partial charge is 0.478 e. The quantitative estimate of drug-likeness (QED) is 0.751. The standard InChI is InChI=1S/C16H19F3O3/c1-15(22-2,16(17,18)19)11-5-3-4-6-12-7-9-13(10-8-12)14(20)21/h4,6-10H,3,5,11H2,1-2H3,(H,20,21)/b6-4+. The Bertz CT molecular complexity index is 520. The molecule has 0 spiro atoms. The molecule has 0 heterocycles. The Kier molecular flexibility index (Phi) is 6.17. The zero-order valence-electron chi connectivity index (χ0n) is 12.5. The van der Waals surface area contributed by atoms with Crippen molar-refractivity contribution >= 4 is 12.0 Å². The van der Waals surface area contributed by atoms with Crippen LogP contribution < -0.4 is 0 Å². The first kappa shape index (κ1) is 18.2. The summed E-state index contributed by atoms with van der Waals surface area (Å²) in [5.41, 5.74) is -1.13. The van der Waals surface area contributed by atoms with Crippen LogP contribution in [0.15, 0.2) is 30.3 Å². The zero-order valence-corrected chi connectivity index (χ0v) is 12.5. The molecule has 0 radical (unpaired) electrons. The summed E-state index contributed by atoms with van der Waals surface area (Å²) in [7, 11) is 1.06. The average molecular weight is 316 g/mol. The number of carbonyl (C=O) groups is 1. The van der Waals surface area contributed by atoms with Gasteiger partial charge in [-0.3, -0.25) is 0 Å². The number of aromatic carboxylic acids is 1. The second-order valence-electron chi connectivity index (χ2n) is 5.15. The number of methoxy groups -OCH3 is 1. The topological polar surface area (TPSA) is 46.5 Å². The van der Waals surface area contributed by atoms with Crippen LogP contribution in [-0.4, -0.2) is 30.0 Å². The van der Waals surface area contributed by atoms with Crippen molar-refractivity contribution in [2.24, 2.45) is 0 Å². The fourth-order valence-corrected chi connectivity index (χ4v) is 1.87. The van der Waals surface area contributed by atoms with E-state index < -0.39 is 17.7 Å². The summed E-state index contributed by atoms with van der Waals surface area (Å²) in [6.45, 7) is 1.04. The van der Waals surface area contributed by atoms with Gasteiger partial charge in [0.15, 0.2) is 5.60 Å². The van der Waals surface area contributed by atoms with Crippen LogP contribution in [0.3, 0.4) is 0 Å². The van der Waals surface area contributed by atoms with Crippen LogP contribution in [0.4, 0.5) is 13.2 Å². The summed E-state index contributed by atoms with van der Waals surface area (Å²) in [6.07, 6.45) is -0.164. The fourth-order valence-electron chi connectivity index (χ4n) is 1.87. The molecular weight excluding hydrogens is 297 g/mol. The van der Waals surface area contributed by atoms with Crippen molar-refractivity contribution in [3.8, 4) is 0 Å². The van der Waals surface area contributed by atoms with Crippen molar-refractivity contribution in [3.05, 3.63) is 41.5 Å². The zero-order chi connectivity index (χ0) is 16.8. The Labute approximate surface area is 127 Å². The predicted octanol–water partition coefficient (Wildman–Crippen LogP) is 4.54. The van der Waals surface area contributed by atoms with Gasteiger partial charge in [0, 0.05) is 7.11 Å². The van der Waals surface area contributed by atoms with Crippen LogP contribution in [0.25, 0.3) is 6.08 Å². The SMILES string of the molecule is COC(C)(CCC/C=C/c1ccc(C(=O)O)cc1)C(F)(F)F. The molecule has 0 aliphatic carbocycles. The Hall–Kier alpha value is -1.82. The Morgan fingerprint density at radius 1 is 1.27 bits per heavy atom. The van der Waals surface area contributed by atoms with Crippen molar-refractivity contribution in [1.82, 2.24) is 0 Å². The minimum absolute atomic E-state index is 0.116. The average Bonchev–Trinajstić information content (AvgIpc) is 2.46. The number of allylic oxidation sites excluding steroid dienone is 1. The molecule has 0 aliphatic heterocycles. The number of unbranched alkanes of at least 4 members (excludes halogenated alkanes) is 1. The Morgan fingerprint density at radius 2 is 1.86 bits per heavy atom. The summed E-state index contributed by atoms with van der Waals surface area (Å²) in [5, 5.41) is 8.77. The van der Waals surface area contributed by atoms with Crippen LogP contribution in [0, 0.1) is 0 Å². The number of rotatable bonds is 7. The molecule has 6 heteroatoms. The molecule has 0 aliphatic rings. The third kappa shape index (κ3) is 4.87. The summed E-state index contributed by atoms with van der Waals surface area (Å²) in [6, 6.07) is 6.26. The van der Waals surface area contributed by atoms with Crippen molar-refractivity contribution in [2.75, 3.05) is 7.11 Å². The van der Waals surface area contributed by atoms with Crippen LogP contribution in [0.1, 0.15) is 42.1 Å². The lowest BCUT2D eigenvalue weighted by molar-refractivity contribution is -0.265. The second kappa shape index (κ2) is 7.45. The van der Waals surface area contributed by atoms with Gasteiger partial charge >= 0.3 is 12.1 Å². The number of benzene rings is 1. The van der Waals surface area contributed by atoms with Crippen LogP contribution in [-0.2, 0) is 4.74 Å². The molecular formula is C16H19F3O3. The van der Waals surface area contributed by atoms with E-state index in [0.29, 0.717) is 12.8 Å². The Balaban J connectivity index is 2.48. The molecule has 0 amide bonds. The van der Waals surface area contributed by atoms with Gasteiger partial charge in [0.1, 0.15) is 0 Å². The molecule has 0 saturated carbocycles. The smallest absolute Gasteiger partial charge is 0.417 e. The minimum Gasteiger partial charge on any atom is -0.478 e. The highest BCUT2D eigenvalue weighted by atomic mass is 19.4. The highest BCUT2D eigenvalue weighted by Crippen LogP contribution is 2.36. The van der Waals surface area contributed by atoms with Gasteiger partial charge < -0.3 is 9.84 Å². The van der Waals surface area contributed by atoms with Gasteiger partial charge in [-0.2, -0.15) is 13.2 Å². The number of carboxylic acids is 1. The van der Waals surface area contributed by atoms with Crippen molar-refractivity contribution in [2.45, 2.75) is 38.0 Å². The molecule has 22 heavy (non-hydrogen) atoms. The van der Waals surface area contributed by atoms with Gasteiger partial charge in [0.25, 0.3) is 0 Å². The first-order valence-electron chi connectivity index (χ1n) is 6.81. The summed E-state index contributed by atoms with van der Waals surface area (Å²) in [5.74, 6) is -0.999. The number of carboxylic acid groups (broad SMARTS) is 1. The number of hydrogen-bond acceptors (Lipinski definition) is 2. The van der Waals surface area contributed by atoms with Gasteiger partial charge in [-0.1, -0.05) is 24.3 Å². The van der Waals surface area contributed by atoms with E-state index in [2.05, 4.69) is 4.74 Å². The highest BCUT2D eigenvalue weighted by molar-refractivity contribution is 5.87. The maximum absolute atomic E-state index is 12.8. The first-order valence-corrected chi connectivity index (χ1v) is 6.81. The van der Waals surface area contributed by atoms with Crippen molar-refractivity contribution in [3.63, 3.8) is 0 Å². The normalized spacial score (nSPS) is 15.0. The Morgan fingerprint density at radius 3 is 2.32 bits per heavy atom. The van der Waals surface area contributed by atoms with E-state index in [1.165, 1.54) is 12.1 Å². The number of halogens is 3. The van der Waals surface area contributed by atoms with Crippen molar-refractivity contribution < 1.29 is 27.8 Å². The molecule has 122 valence electrons. The molecule has 1 unspecified atom stereocenters. The number of hydrogen-bond donors (Lipinski definition) is 1. The van der Waals surface area contributed by atoms with Crippen molar-refractivity contribution in [1.29, 1.82) is 0 Å². The molecule has 1 rings (SSSR count). The molecule has 3 nitrogen and oxygen atoms in total. The molecule has 0 bridgehead atoms. The molecule has 1 atom stereocenters. The van der Waals surface area contributed by atoms with Gasteiger partial charge in [-0.25, -0.2) is 4.79 Å². The summed E-state index contributed by atoms with van der Waals surface area (Å²) in [4.78, 5) is 10.7. The fraction of sp³-hybridized carbons (Fsp3) is 0.438. The molecule has 0 saturated heterocycles. The van der Waals surface area contributed by atoms with Crippen LogP contribution in [0.2, 0.25) is 0 Å². The van der Waals surface area contributed by atoms with E-state index in [-0.39, 0.29) is 12.0 Å². The third-order valence-corrected chi connectivity index (χ3v) is 3.54. The van der Waals surface area contributed by atoms with E-state index in [9.17, 15) is 18.0 Å². The lowest BCUT2D eigenvalue weighted by Gasteiger charge is -2.30. The number of ether oxygens (including phenoxy) is 1. The molecule has 1 aromatic rings. The summed E-state index contributed by atoms with van der Waals surface area (Å²) < 4.78 is 43.0. The highest BCUT2D eigenvalue weighted by Gasteiger charge is 2.50. The molecule has 0 fully saturated rings. The monoisotopic (exact) mass is 316 g/mol. The lowest BCUT2D eigenvalue weighted by atomic mass is 9.98. The van der Waals surface area contributed by atoms with E-state index in [4.69, 9.17) is 5.11 Å². The molecule has 0 aromatic heterocycles. The third-order valence-electron chi connectivity index (χ3n) is 3.54. The lowest BCUT2D eigenvalue weighted by Crippen LogP contribution is -2.43. The van der Waals surface area contributed by atoms with E-state index in [0.717, 1.165) is 19.6 Å². The first-order chi connectivity index (χ1) is 10.2. The maximum atomic E-state index is 12.8. The second-order valence-corrected chi connectivity index (χ2v) is 5.15.